The monoisotopic (exact) mass is 315 g/mol. The molecule has 0 fully saturated rings. The van der Waals surface area contributed by atoms with Crippen LogP contribution in [-0.2, 0) is 0 Å². The van der Waals surface area contributed by atoms with Crippen LogP contribution in [0.25, 0.3) is 0 Å². The Balaban J connectivity index is 1.75. The molecule has 1 amide bonds. The van der Waals surface area contributed by atoms with E-state index in [2.05, 4.69) is 16.8 Å². The normalized spacial score (nSPS) is 12.3. The lowest BCUT2D eigenvalue weighted by Gasteiger charge is -2.14. The molecule has 0 bridgehead atoms. The van der Waals surface area contributed by atoms with E-state index in [-0.39, 0.29) is 11.8 Å². The fourth-order valence-electron chi connectivity index (χ4n) is 2.49. The predicted molar refractivity (Wildman–Crippen MR) is 85.4 cm³/mol. The minimum Gasteiger partial charge on any atom is -0.469 e. The first-order valence-corrected chi connectivity index (χ1v) is 8.00. The SMILES string of the molecule is Cc1cc(C(=O)NCC(c2ccsc2)c2ccco2)c(C)o1. The van der Waals surface area contributed by atoms with E-state index in [1.165, 1.54) is 0 Å². The molecule has 3 rings (SSSR count). The molecule has 3 heterocycles. The van der Waals surface area contributed by atoms with Gasteiger partial charge in [0.1, 0.15) is 17.3 Å². The van der Waals surface area contributed by atoms with Crippen LogP contribution in [0.2, 0.25) is 0 Å². The molecular formula is C17H17NO3S. The highest BCUT2D eigenvalue weighted by molar-refractivity contribution is 7.08. The molecule has 0 aliphatic heterocycles. The van der Waals surface area contributed by atoms with Gasteiger partial charge in [0, 0.05) is 6.54 Å². The highest BCUT2D eigenvalue weighted by Gasteiger charge is 2.20. The Kier molecular flexibility index (Phi) is 4.15. The number of carbonyl (C=O) groups excluding carboxylic acids is 1. The number of carbonyl (C=O) groups is 1. The highest BCUT2D eigenvalue weighted by atomic mass is 32.1. The van der Waals surface area contributed by atoms with Crippen LogP contribution < -0.4 is 5.32 Å². The zero-order chi connectivity index (χ0) is 15.5. The molecule has 1 unspecified atom stereocenters. The highest BCUT2D eigenvalue weighted by Crippen LogP contribution is 2.26. The quantitative estimate of drug-likeness (QED) is 0.771. The molecule has 0 aliphatic rings. The lowest BCUT2D eigenvalue weighted by Crippen LogP contribution is -2.28. The van der Waals surface area contributed by atoms with Gasteiger partial charge in [-0.3, -0.25) is 4.79 Å². The average Bonchev–Trinajstić information content (AvgIpc) is 3.21. The molecule has 5 heteroatoms. The third-order valence-electron chi connectivity index (χ3n) is 3.58. The standard InChI is InChI=1S/C17H17NO3S/c1-11-8-14(12(2)21-11)17(19)18-9-15(13-5-7-22-10-13)16-4-3-6-20-16/h3-8,10,15H,9H2,1-2H3,(H,18,19). The largest absolute Gasteiger partial charge is 0.469 e. The predicted octanol–water partition coefficient (Wildman–Crippen LogP) is 4.11. The number of thiophene rings is 1. The van der Waals surface area contributed by atoms with E-state index in [0.717, 1.165) is 17.1 Å². The van der Waals surface area contributed by atoms with Gasteiger partial charge in [-0.2, -0.15) is 11.3 Å². The van der Waals surface area contributed by atoms with Gasteiger partial charge >= 0.3 is 0 Å². The Morgan fingerprint density at radius 3 is 2.82 bits per heavy atom. The van der Waals surface area contributed by atoms with Gasteiger partial charge in [-0.15, -0.1) is 0 Å². The second-order valence-corrected chi connectivity index (χ2v) is 5.94. The van der Waals surface area contributed by atoms with Crippen molar-refractivity contribution in [1.29, 1.82) is 0 Å². The molecule has 0 radical (unpaired) electrons. The van der Waals surface area contributed by atoms with Crippen molar-refractivity contribution in [2.24, 2.45) is 0 Å². The second kappa shape index (κ2) is 6.23. The maximum Gasteiger partial charge on any atom is 0.254 e. The van der Waals surface area contributed by atoms with Gasteiger partial charge in [0.05, 0.1) is 17.7 Å². The number of amides is 1. The Morgan fingerprint density at radius 2 is 2.23 bits per heavy atom. The molecule has 22 heavy (non-hydrogen) atoms. The second-order valence-electron chi connectivity index (χ2n) is 5.16. The van der Waals surface area contributed by atoms with Crippen LogP contribution in [0.3, 0.4) is 0 Å². The van der Waals surface area contributed by atoms with E-state index in [1.807, 2.05) is 24.4 Å². The average molecular weight is 315 g/mol. The summed E-state index contributed by atoms with van der Waals surface area (Å²) in [5.41, 5.74) is 1.72. The molecule has 0 saturated heterocycles. The molecule has 1 N–H and O–H groups in total. The van der Waals surface area contributed by atoms with Crippen LogP contribution in [0, 0.1) is 13.8 Å². The number of nitrogens with one attached hydrogen (secondary N) is 1. The summed E-state index contributed by atoms with van der Waals surface area (Å²) in [7, 11) is 0. The summed E-state index contributed by atoms with van der Waals surface area (Å²) in [5.74, 6) is 2.11. The molecule has 3 aromatic rings. The van der Waals surface area contributed by atoms with Gasteiger partial charge < -0.3 is 14.2 Å². The number of hydrogen-bond donors (Lipinski definition) is 1. The Hall–Kier alpha value is -2.27. The molecule has 3 aromatic heterocycles. The lowest BCUT2D eigenvalue weighted by molar-refractivity contribution is 0.0950. The summed E-state index contributed by atoms with van der Waals surface area (Å²) >= 11 is 1.63. The van der Waals surface area contributed by atoms with Crippen molar-refractivity contribution in [3.63, 3.8) is 0 Å². The van der Waals surface area contributed by atoms with Crippen molar-refractivity contribution in [2.45, 2.75) is 19.8 Å². The van der Waals surface area contributed by atoms with Crippen LogP contribution in [0.1, 0.15) is 39.1 Å². The topological polar surface area (TPSA) is 55.4 Å². The molecule has 0 saturated carbocycles. The molecule has 4 nitrogen and oxygen atoms in total. The van der Waals surface area contributed by atoms with E-state index in [9.17, 15) is 4.79 Å². The smallest absolute Gasteiger partial charge is 0.254 e. The van der Waals surface area contributed by atoms with Gasteiger partial charge in [0.25, 0.3) is 5.91 Å². The van der Waals surface area contributed by atoms with Crippen molar-refractivity contribution in [2.75, 3.05) is 6.54 Å². The first kappa shape index (κ1) is 14.7. The van der Waals surface area contributed by atoms with Crippen molar-refractivity contribution < 1.29 is 13.6 Å². The fraction of sp³-hybridized carbons (Fsp3) is 0.235. The summed E-state index contributed by atoms with van der Waals surface area (Å²) in [6, 6.07) is 7.61. The molecule has 0 aliphatic carbocycles. The number of furan rings is 2. The zero-order valence-corrected chi connectivity index (χ0v) is 13.3. The van der Waals surface area contributed by atoms with E-state index in [1.54, 1.807) is 30.6 Å². The minimum absolute atomic E-state index is 0.0125. The van der Waals surface area contributed by atoms with Crippen molar-refractivity contribution in [3.8, 4) is 0 Å². The molecule has 1 atom stereocenters. The maximum absolute atomic E-state index is 12.3. The van der Waals surface area contributed by atoms with Crippen molar-refractivity contribution >= 4 is 17.2 Å². The summed E-state index contributed by atoms with van der Waals surface area (Å²) in [4.78, 5) is 12.3. The van der Waals surface area contributed by atoms with E-state index in [0.29, 0.717) is 17.9 Å². The third-order valence-corrected chi connectivity index (χ3v) is 4.29. The summed E-state index contributed by atoms with van der Waals surface area (Å²) in [6.45, 7) is 4.11. The van der Waals surface area contributed by atoms with Gasteiger partial charge in [-0.05, 0) is 54.4 Å². The number of hydrogen-bond acceptors (Lipinski definition) is 4. The molecular weight excluding hydrogens is 298 g/mol. The van der Waals surface area contributed by atoms with Crippen LogP contribution >= 0.6 is 11.3 Å². The van der Waals surface area contributed by atoms with E-state index in [4.69, 9.17) is 8.83 Å². The maximum atomic E-state index is 12.3. The Bertz CT molecular complexity index is 707. The molecule has 0 spiro atoms. The van der Waals surface area contributed by atoms with Crippen molar-refractivity contribution in [3.05, 3.63) is 69.7 Å². The van der Waals surface area contributed by atoms with Crippen LogP contribution in [-0.4, -0.2) is 12.5 Å². The van der Waals surface area contributed by atoms with Crippen LogP contribution in [0.5, 0.6) is 0 Å². The summed E-state index contributed by atoms with van der Waals surface area (Å²) in [6.07, 6.45) is 1.65. The fourth-order valence-corrected chi connectivity index (χ4v) is 3.21. The first-order valence-electron chi connectivity index (χ1n) is 7.06. The lowest BCUT2D eigenvalue weighted by atomic mass is 9.99. The number of rotatable bonds is 5. The van der Waals surface area contributed by atoms with Gasteiger partial charge in [-0.1, -0.05) is 0 Å². The van der Waals surface area contributed by atoms with Gasteiger partial charge in [-0.25, -0.2) is 0 Å². The summed E-state index contributed by atoms with van der Waals surface area (Å²) < 4.78 is 10.9. The molecule has 0 aromatic carbocycles. The Labute approximate surface area is 132 Å². The Morgan fingerprint density at radius 1 is 1.36 bits per heavy atom. The van der Waals surface area contributed by atoms with Crippen molar-refractivity contribution in [1.82, 2.24) is 5.32 Å². The number of aryl methyl sites for hydroxylation is 2. The summed E-state index contributed by atoms with van der Waals surface area (Å²) in [5, 5.41) is 7.08. The zero-order valence-electron chi connectivity index (χ0n) is 12.5. The van der Waals surface area contributed by atoms with E-state index >= 15 is 0 Å². The first-order chi connectivity index (χ1) is 10.6. The molecule has 114 valence electrons. The van der Waals surface area contributed by atoms with Crippen LogP contribution in [0.15, 0.2) is 50.1 Å². The van der Waals surface area contributed by atoms with Gasteiger partial charge in [0.15, 0.2) is 0 Å². The minimum atomic E-state index is -0.124. The van der Waals surface area contributed by atoms with Crippen LogP contribution in [0.4, 0.5) is 0 Å². The van der Waals surface area contributed by atoms with E-state index < -0.39 is 0 Å². The third kappa shape index (κ3) is 2.99. The van der Waals surface area contributed by atoms with Gasteiger partial charge in [0.2, 0.25) is 0 Å².